The fourth-order valence-electron chi connectivity index (χ4n) is 6.58. The number of hydrogen-bond acceptors (Lipinski definition) is 11. The molecule has 0 aliphatic carbocycles. The number of aliphatic hydroxyl groups excluding tert-OH is 1. The monoisotopic (exact) mass is 735 g/mol. The first-order valence-electron chi connectivity index (χ1n) is 16.9. The number of esters is 1. The number of carbonyl (C=O) groups is 4. The summed E-state index contributed by atoms with van der Waals surface area (Å²) in [7, 11) is 5.80. The molecule has 282 valence electrons. The second-order valence-electron chi connectivity index (χ2n) is 14.1. The number of hydrogen-bond donors (Lipinski definition) is 3. The number of alkyl carbamates (subject to hydrolysis) is 1. The van der Waals surface area contributed by atoms with Crippen LogP contribution in [0.5, 0.6) is 5.75 Å². The molecule has 0 saturated carbocycles. The third-order valence-corrected chi connectivity index (χ3v) is 10.6. The Morgan fingerprint density at radius 1 is 1.20 bits per heavy atom. The van der Waals surface area contributed by atoms with Gasteiger partial charge in [-0.15, -0.1) is 0 Å². The molecule has 14 nitrogen and oxygen atoms in total. The van der Waals surface area contributed by atoms with Crippen LogP contribution in [0.15, 0.2) is 35.9 Å². The van der Waals surface area contributed by atoms with E-state index < -0.39 is 71.8 Å². The van der Waals surface area contributed by atoms with Crippen molar-refractivity contribution in [3.63, 3.8) is 0 Å². The molecule has 4 rings (SSSR count). The predicted molar refractivity (Wildman–Crippen MR) is 187 cm³/mol. The van der Waals surface area contributed by atoms with E-state index in [9.17, 15) is 29.4 Å². The molecule has 3 heterocycles. The second kappa shape index (κ2) is 15.5. The van der Waals surface area contributed by atoms with Crippen LogP contribution < -0.4 is 15.0 Å². The molecule has 3 amide bonds. The molecule has 4 bridgehead atoms. The minimum absolute atomic E-state index is 0.0978. The number of halogens is 1. The minimum Gasteiger partial charge on any atom is -0.495 e. The molecule has 3 N–H and O–H groups in total. The number of nitrogens with one attached hydrogen (secondary N) is 1. The van der Waals surface area contributed by atoms with Crippen LogP contribution in [0.2, 0.25) is 5.02 Å². The Bertz CT molecular complexity index is 1580. The molecule has 1 aromatic rings. The summed E-state index contributed by atoms with van der Waals surface area (Å²) in [5.41, 5.74) is -2.04. The number of amides is 3. The number of likely N-dealkylation sites (N-methyl/N-ethyl adjacent to an activating group) is 1. The van der Waals surface area contributed by atoms with Crippen LogP contribution in [0.25, 0.3) is 0 Å². The number of allylic oxidation sites excluding steroid dienone is 2. The molecule has 0 radical (unpaired) electrons. The Labute approximate surface area is 303 Å². The summed E-state index contributed by atoms with van der Waals surface area (Å²) >= 11 is 6.70. The van der Waals surface area contributed by atoms with Crippen molar-refractivity contribution in [1.29, 1.82) is 0 Å². The zero-order valence-corrected chi connectivity index (χ0v) is 31.5. The van der Waals surface area contributed by atoms with E-state index in [4.69, 9.17) is 35.3 Å². The molecule has 0 spiro atoms. The van der Waals surface area contributed by atoms with E-state index in [0.717, 1.165) is 0 Å². The molecule has 51 heavy (non-hydrogen) atoms. The van der Waals surface area contributed by atoms with Gasteiger partial charge in [0.15, 0.2) is 5.72 Å². The van der Waals surface area contributed by atoms with Crippen molar-refractivity contribution in [3.05, 3.63) is 46.5 Å². The van der Waals surface area contributed by atoms with Gasteiger partial charge in [-0.25, -0.2) is 9.59 Å². The SMILES string of the molecule is COc1cc2cc(c1Cl)N(C)C(=O)CC(OC(=O)[C@H](C)N(C)C(=O)C(C)C)[C@]1(C)O[C@H]1[C@H](C)[C@@H]1C[C@@](O)(NC(=O)O1)[C@H](OC)/C=C\C=C(\C)C2O. The average molecular weight is 736 g/mol. The molecule has 9 atom stereocenters. The van der Waals surface area contributed by atoms with Gasteiger partial charge >= 0.3 is 12.1 Å². The first-order valence-corrected chi connectivity index (χ1v) is 17.2. The third kappa shape index (κ3) is 8.20. The molecular formula is C36H50ClN3O11. The Morgan fingerprint density at radius 3 is 2.47 bits per heavy atom. The second-order valence-corrected chi connectivity index (χ2v) is 14.4. The number of ether oxygens (including phenoxy) is 5. The molecule has 0 aromatic heterocycles. The lowest BCUT2D eigenvalue weighted by Crippen LogP contribution is -2.63. The molecule has 2 saturated heterocycles. The highest BCUT2D eigenvalue weighted by Gasteiger charge is 2.64. The maximum absolute atomic E-state index is 14.1. The number of fused-ring (bicyclic) bond motifs is 5. The maximum Gasteiger partial charge on any atom is 0.409 e. The van der Waals surface area contributed by atoms with E-state index in [1.807, 2.05) is 0 Å². The van der Waals surface area contributed by atoms with Crippen molar-refractivity contribution in [2.45, 2.75) is 102 Å². The van der Waals surface area contributed by atoms with Crippen molar-refractivity contribution in [2.24, 2.45) is 11.8 Å². The van der Waals surface area contributed by atoms with Gasteiger partial charge in [0.2, 0.25) is 11.8 Å². The number of aliphatic hydroxyl groups is 2. The zero-order valence-electron chi connectivity index (χ0n) is 30.8. The molecule has 2 unspecified atom stereocenters. The summed E-state index contributed by atoms with van der Waals surface area (Å²) in [6.07, 6.45) is -1.50. The summed E-state index contributed by atoms with van der Waals surface area (Å²) in [5.74, 6) is -2.24. The van der Waals surface area contributed by atoms with Crippen molar-refractivity contribution in [2.75, 3.05) is 33.2 Å². The van der Waals surface area contributed by atoms with Crippen LogP contribution in [-0.4, -0.2) is 109 Å². The number of benzene rings is 1. The van der Waals surface area contributed by atoms with E-state index in [1.165, 1.54) is 45.0 Å². The number of nitrogens with zero attached hydrogens (tertiary/aromatic N) is 2. The Kier molecular flexibility index (Phi) is 12.2. The van der Waals surface area contributed by atoms with E-state index in [-0.39, 0.29) is 41.1 Å². The smallest absolute Gasteiger partial charge is 0.409 e. The number of epoxide rings is 1. The fraction of sp³-hybridized carbons (Fsp3) is 0.611. The average Bonchev–Trinajstić information content (AvgIpc) is 3.78. The van der Waals surface area contributed by atoms with Crippen LogP contribution in [0.1, 0.15) is 66.1 Å². The molecule has 15 heteroatoms. The standard InChI is InChI=1S/C36H50ClN3O11/c1-18(2)32(43)39(7)21(5)33(44)50-27-16-28(41)40(8)23-14-22(15-24(47-9)29(23)37)30(42)19(3)12-11-13-26(48-10)36(46)17-25(49-34(45)38-36)20(4)31-35(27,6)51-31/h11-15,18,20-21,25-27,30-31,42,46H,16-17H2,1-10H3,(H,38,45)/b13-11-,19-12-/t20-,21+,25+,26-,27?,30?,31+,35+,36+/m1/s1. The molecule has 2 fully saturated rings. The van der Waals surface area contributed by atoms with Gasteiger partial charge < -0.3 is 43.7 Å². The first-order chi connectivity index (χ1) is 23.8. The lowest BCUT2D eigenvalue weighted by Gasteiger charge is -2.42. The highest BCUT2D eigenvalue weighted by molar-refractivity contribution is 6.35. The first kappa shape index (κ1) is 40.1. The molecule has 3 aliphatic heterocycles. The zero-order chi connectivity index (χ0) is 38.2. The summed E-state index contributed by atoms with van der Waals surface area (Å²) in [6.45, 7) is 10.1. The number of carbonyl (C=O) groups excluding carboxylic acids is 4. The van der Waals surface area contributed by atoms with Crippen LogP contribution >= 0.6 is 11.6 Å². The van der Waals surface area contributed by atoms with Gasteiger partial charge in [-0.3, -0.25) is 14.9 Å². The summed E-state index contributed by atoms with van der Waals surface area (Å²) in [5, 5.41) is 25.6. The van der Waals surface area contributed by atoms with Gasteiger partial charge in [-0.05, 0) is 44.0 Å². The van der Waals surface area contributed by atoms with E-state index in [0.29, 0.717) is 11.1 Å². The minimum atomic E-state index is -1.89. The maximum atomic E-state index is 14.1. The highest BCUT2D eigenvalue weighted by atomic mass is 35.5. The largest absolute Gasteiger partial charge is 0.495 e. The fourth-order valence-corrected chi connectivity index (χ4v) is 6.90. The molecular weight excluding hydrogens is 686 g/mol. The topological polar surface area (TPSA) is 177 Å². The normalized spacial score (nSPS) is 33.5. The Hall–Kier alpha value is -3.69. The van der Waals surface area contributed by atoms with Gasteiger partial charge in [0.05, 0.1) is 25.3 Å². The van der Waals surface area contributed by atoms with Crippen molar-refractivity contribution in [3.8, 4) is 5.75 Å². The number of methoxy groups -OCH3 is 2. The van der Waals surface area contributed by atoms with Gasteiger partial charge in [0.1, 0.15) is 46.8 Å². The number of anilines is 1. The van der Waals surface area contributed by atoms with E-state index >= 15 is 0 Å². The predicted octanol–water partition coefficient (Wildman–Crippen LogP) is 3.66. The molecule has 3 aliphatic rings. The van der Waals surface area contributed by atoms with Gasteiger partial charge in [0, 0.05) is 39.5 Å². The third-order valence-electron chi connectivity index (χ3n) is 10.2. The van der Waals surface area contributed by atoms with Gasteiger partial charge in [-0.1, -0.05) is 50.6 Å². The lowest BCUT2D eigenvalue weighted by molar-refractivity contribution is -0.162. The molecule has 1 aromatic carbocycles. The van der Waals surface area contributed by atoms with Crippen molar-refractivity contribution >= 4 is 41.2 Å². The quantitative estimate of drug-likeness (QED) is 0.287. The lowest BCUT2D eigenvalue weighted by atomic mass is 9.83. The van der Waals surface area contributed by atoms with Gasteiger partial charge in [-0.2, -0.15) is 0 Å². The number of rotatable bonds is 6. The Morgan fingerprint density at radius 2 is 1.86 bits per heavy atom. The van der Waals surface area contributed by atoms with Crippen LogP contribution in [0.3, 0.4) is 0 Å². The summed E-state index contributed by atoms with van der Waals surface area (Å²) < 4.78 is 28.9. The Balaban J connectivity index is 1.81. The highest BCUT2D eigenvalue weighted by Crippen LogP contribution is 2.49. The van der Waals surface area contributed by atoms with Crippen LogP contribution in [0, 0.1) is 11.8 Å². The van der Waals surface area contributed by atoms with E-state index in [1.54, 1.807) is 65.0 Å². The van der Waals surface area contributed by atoms with Gasteiger partial charge in [0.25, 0.3) is 0 Å². The summed E-state index contributed by atoms with van der Waals surface area (Å²) in [4.78, 5) is 55.8. The summed E-state index contributed by atoms with van der Waals surface area (Å²) in [6, 6.07) is 2.13. The van der Waals surface area contributed by atoms with Crippen LogP contribution in [0.4, 0.5) is 10.5 Å². The van der Waals surface area contributed by atoms with Crippen molar-refractivity contribution in [1.82, 2.24) is 10.2 Å². The van der Waals surface area contributed by atoms with E-state index in [2.05, 4.69) is 5.32 Å². The van der Waals surface area contributed by atoms with Crippen molar-refractivity contribution < 1.29 is 53.1 Å². The van der Waals surface area contributed by atoms with Crippen LogP contribution in [-0.2, 0) is 33.3 Å².